The Morgan fingerprint density at radius 1 is 1.19 bits per heavy atom. The fraction of sp³-hybridized carbons (Fsp3) is 0.200. The maximum absolute atomic E-state index is 12.4. The van der Waals surface area contributed by atoms with Gasteiger partial charge in [0.2, 0.25) is 0 Å². The van der Waals surface area contributed by atoms with Crippen molar-refractivity contribution in [2.45, 2.75) is 18.2 Å². The third-order valence-electron chi connectivity index (χ3n) is 3.20. The molecule has 0 atom stereocenters. The van der Waals surface area contributed by atoms with E-state index < -0.39 is 15.8 Å². The molecule has 2 aromatic rings. The van der Waals surface area contributed by atoms with Crippen LogP contribution in [-0.2, 0) is 16.3 Å². The Balaban J connectivity index is 2.28. The van der Waals surface area contributed by atoms with Gasteiger partial charge in [-0.25, -0.2) is 13.2 Å². The molecule has 2 rings (SSSR count). The van der Waals surface area contributed by atoms with Gasteiger partial charge in [0, 0.05) is 18.3 Å². The Bertz CT molecular complexity index is 754. The monoisotopic (exact) mass is 305 g/mol. The Hall–Kier alpha value is -2.21. The summed E-state index contributed by atoms with van der Waals surface area (Å²) in [6, 6.07) is 9.61. The second kappa shape index (κ2) is 6.05. The molecule has 0 amide bonds. The fourth-order valence-electron chi connectivity index (χ4n) is 2.08. The van der Waals surface area contributed by atoms with Gasteiger partial charge in [0.05, 0.1) is 16.2 Å². The first-order valence-corrected chi connectivity index (χ1v) is 8.02. The minimum absolute atomic E-state index is 0.00825. The van der Waals surface area contributed by atoms with Crippen LogP contribution in [0.25, 0.3) is 0 Å². The van der Waals surface area contributed by atoms with E-state index in [9.17, 15) is 13.2 Å². The van der Waals surface area contributed by atoms with Gasteiger partial charge in [-0.15, -0.1) is 0 Å². The molecule has 1 aromatic heterocycles. The number of nitrogens with zero attached hydrogens (tertiary/aromatic N) is 1. The molecular formula is C15H15NO4S. The minimum Gasteiger partial charge on any atom is -0.478 e. The zero-order valence-electron chi connectivity index (χ0n) is 11.5. The van der Waals surface area contributed by atoms with Crippen LogP contribution in [-0.4, -0.2) is 30.2 Å². The maximum atomic E-state index is 12.4. The highest BCUT2D eigenvalue weighted by Gasteiger charge is 2.20. The SMILES string of the molecule is Cc1c(C(=O)O)cccc1S(=O)(=O)CCc1ccccn1. The van der Waals surface area contributed by atoms with Crippen molar-refractivity contribution in [1.29, 1.82) is 0 Å². The number of carboxylic acid groups (broad SMARTS) is 1. The topological polar surface area (TPSA) is 84.3 Å². The van der Waals surface area contributed by atoms with E-state index in [0.29, 0.717) is 12.1 Å². The van der Waals surface area contributed by atoms with Crippen molar-refractivity contribution in [2.24, 2.45) is 0 Å². The number of rotatable bonds is 5. The molecule has 0 unspecified atom stereocenters. The number of carbonyl (C=O) groups is 1. The van der Waals surface area contributed by atoms with Gasteiger partial charge in [-0.2, -0.15) is 0 Å². The molecule has 5 nitrogen and oxygen atoms in total. The Morgan fingerprint density at radius 2 is 1.95 bits per heavy atom. The lowest BCUT2D eigenvalue weighted by molar-refractivity contribution is 0.0696. The van der Waals surface area contributed by atoms with Gasteiger partial charge in [-0.05, 0) is 36.8 Å². The van der Waals surface area contributed by atoms with Gasteiger partial charge < -0.3 is 5.11 Å². The highest BCUT2D eigenvalue weighted by atomic mass is 32.2. The number of aromatic carboxylic acids is 1. The van der Waals surface area contributed by atoms with E-state index in [1.807, 2.05) is 0 Å². The lowest BCUT2D eigenvalue weighted by Crippen LogP contribution is -2.13. The van der Waals surface area contributed by atoms with E-state index in [0.717, 1.165) is 0 Å². The molecule has 1 N–H and O–H groups in total. The number of aromatic nitrogens is 1. The van der Waals surface area contributed by atoms with Gasteiger partial charge in [0.15, 0.2) is 9.84 Å². The second-order valence-electron chi connectivity index (χ2n) is 4.62. The molecule has 0 aliphatic rings. The number of benzene rings is 1. The molecule has 0 radical (unpaired) electrons. The van der Waals surface area contributed by atoms with Crippen molar-refractivity contribution >= 4 is 15.8 Å². The standard InChI is InChI=1S/C15H15NO4S/c1-11-13(15(17)18)6-4-7-14(11)21(19,20)10-8-12-5-2-3-9-16-12/h2-7,9H,8,10H2,1H3,(H,17,18). The smallest absolute Gasteiger partial charge is 0.335 e. The zero-order valence-corrected chi connectivity index (χ0v) is 12.3. The van der Waals surface area contributed by atoms with Crippen LogP contribution in [0.1, 0.15) is 21.6 Å². The Morgan fingerprint density at radius 3 is 2.57 bits per heavy atom. The maximum Gasteiger partial charge on any atom is 0.335 e. The van der Waals surface area contributed by atoms with E-state index >= 15 is 0 Å². The van der Waals surface area contributed by atoms with Gasteiger partial charge in [0.25, 0.3) is 0 Å². The summed E-state index contributed by atoms with van der Waals surface area (Å²) in [4.78, 5) is 15.2. The minimum atomic E-state index is -3.55. The summed E-state index contributed by atoms with van der Waals surface area (Å²) in [5.41, 5.74) is 0.966. The van der Waals surface area contributed by atoms with Gasteiger partial charge >= 0.3 is 5.97 Å². The zero-order chi connectivity index (χ0) is 15.5. The number of hydrogen-bond donors (Lipinski definition) is 1. The van der Waals surface area contributed by atoms with Gasteiger partial charge in [-0.3, -0.25) is 4.98 Å². The van der Waals surface area contributed by atoms with Crippen LogP contribution >= 0.6 is 0 Å². The van der Waals surface area contributed by atoms with Gasteiger partial charge in [0.1, 0.15) is 0 Å². The summed E-state index contributed by atoms with van der Waals surface area (Å²) in [5.74, 6) is -1.23. The normalized spacial score (nSPS) is 11.3. The van der Waals surface area contributed by atoms with Crippen molar-refractivity contribution in [3.05, 3.63) is 59.4 Å². The van der Waals surface area contributed by atoms with Crippen LogP contribution in [0, 0.1) is 6.92 Å². The number of sulfone groups is 1. The highest BCUT2D eigenvalue weighted by Crippen LogP contribution is 2.21. The van der Waals surface area contributed by atoms with Crippen molar-refractivity contribution < 1.29 is 18.3 Å². The number of pyridine rings is 1. The number of carboxylic acids is 1. The van der Waals surface area contributed by atoms with E-state index in [1.54, 1.807) is 24.4 Å². The van der Waals surface area contributed by atoms with Gasteiger partial charge in [-0.1, -0.05) is 12.1 Å². The molecule has 1 heterocycles. The third kappa shape index (κ3) is 3.46. The van der Waals surface area contributed by atoms with Crippen LogP contribution in [0.5, 0.6) is 0 Å². The molecule has 0 saturated carbocycles. The Kier molecular flexibility index (Phi) is 4.37. The molecule has 0 saturated heterocycles. The molecule has 0 fully saturated rings. The summed E-state index contributed by atoms with van der Waals surface area (Å²) < 4.78 is 24.8. The highest BCUT2D eigenvalue weighted by molar-refractivity contribution is 7.91. The van der Waals surface area contributed by atoms with Crippen molar-refractivity contribution in [2.75, 3.05) is 5.75 Å². The fourth-order valence-corrected chi connectivity index (χ4v) is 3.64. The van der Waals surface area contributed by atoms with E-state index in [-0.39, 0.29) is 21.8 Å². The quantitative estimate of drug-likeness (QED) is 0.914. The van der Waals surface area contributed by atoms with Crippen molar-refractivity contribution in [1.82, 2.24) is 4.98 Å². The molecule has 0 spiro atoms. The van der Waals surface area contributed by atoms with Crippen LogP contribution in [0.3, 0.4) is 0 Å². The molecule has 0 aliphatic carbocycles. The van der Waals surface area contributed by atoms with Crippen LogP contribution < -0.4 is 0 Å². The first-order valence-electron chi connectivity index (χ1n) is 6.37. The predicted molar refractivity (Wildman–Crippen MR) is 78.1 cm³/mol. The molecule has 0 aliphatic heterocycles. The van der Waals surface area contributed by atoms with Crippen LogP contribution in [0.15, 0.2) is 47.5 Å². The molecule has 0 bridgehead atoms. The van der Waals surface area contributed by atoms with Crippen LogP contribution in [0.4, 0.5) is 0 Å². The van der Waals surface area contributed by atoms with E-state index in [4.69, 9.17) is 5.11 Å². The summed E-state index contributed by atoms with van der Waals surface area (Å²) in [6.07, 6.45) is 1.90. The van der Waals surface area contributed by atoms with E-state index in [2.05, 4.69) is 4.98 Å². The summed E-state index contributed by atoms with van der Waals surface area (Å²) in [6.45, 7) is 1.51. The lowest BCUT2D eigenvalue weighted by Gasteiger charge is -2.09. The first kappa shape index (κ1) is 15.2. The Labute approximate surface area is 123 Å². The largest absolute Gasteiger partial charge is 0.478 e. The molecule has 1 aromatic carbocycles. The summed E-state index contributed by atoms with van der Waals surface area (Å²) >= 11 is 0. The average molecular weight is 305 g/mol. The average Bonchev–Trinajstić information content (AvgIpc) is 2.46. The van der Waals surface area contributed by atoms with Crippen LogP contribution in [0.2, 0.25) is 0 Å². The molecular weight excluding hydrogens is 290 g/mol. The molecule has 110 valence electrons. The molecule has 21 heavy (non-hydrogen) atoms. The number of aryl methyl sites for hydroxylation is 1. The molecule has 6 heteroatoms. The summed E-state index contributed by atoms with van der Waals surface area (Å²) in [7, 11) is -3.55. The number of hydrogen-bond acceptors (Lipinski definition) is 4. The third-order valence-corrected chi connectivity index (χ3v) is 5.06. The van der Waals surface area contributed by atoms with Crippen molar-refractivity contribution in [3.63, 3.8) is 0 Å². The second-order valence-corrected chi connectivity index (χ2v) is 6.70. The predicted octanol–water partition coefficient (Wildman–Crippen LogP) is 2.10. The first-order chi connectivity index (χ1) is 9.92. The lowest BCUT2D eigenvalue weighted by atomic mass is 10.1. The summed E-state index contributed by atoms with van der Waals surface area (Å²) in [5, 5.41) is 9.06. The van der Waals surface area contributed by atoms with Crippen molar-refractivity contribution in [3.8, 4) is 0 Å². The van der Waals surface area contributed by atoms with E-state index in [1.165, 1.54) is 25.1 Å².